The number of hydrogen-bond acceptors (Lipinski definition) is 2. The summed E-state index contributed by atoms with van der Waals surface area (Å²) in [4.78, 5) is 15.4. The Bertz CT molecular complexity index is 83.9. The van der Waals surface area contributed by atoms with Crippen LogP contribution in [0.3, 0.4) is 0 Å². The van der Waals surface area contributed by atoms with Crippen molar-refractivity contribution in [1.29, 1.82) is 0 Å². The van der Waals surface area contributed by atoms with Gasteiger partial charge in [-0.25, -0.2) is 4.57 Å². The molecule has 0 fully saturated rings. The van der Waals surface area contributed by atoms with Crippen LogP contribution in [-0.4, -0.2) is 47.5 Å². The van der Waals surface area contributed by atoms with Crippen LogP contribution in [-0.2, 0) is 4.57 Å². The molecule has 0 aromatic rings. The molecule has 0 aliphatic carbocycles. The maximum absolute atomic E-state index is 9.46. The van der Waals surface area contributed by atoms with Gasteiger partial charge in [-0.15, -0.1) is 0 Å². The van der Waals surface area contributed by atoms with Crippen molar-refractivity contribution in [2.75, 3.05) is 0 Å². The number of hydrogen-bond donors (Lipinski definition) is 4. The molecule has 0 aromatic heterocycles. The smallest absolute Gasteiger partial charge is 1.00 e. The maximum atomic E-state index is 9.46. The van der Waals surface area contributed by atoms with Crippen LogP contribution in [0.5, 0.6) is 0 Å². The van der Waals surface area contributed by atoms with Crippen LogP contribution < -0.4 is 11.0 Å². The quantitative estimate of drug-likeness (QED) is 0.158. The minimum Gasteiger partial charge on any atom is -1.00 e. The first-order valence-corrected chi connectivity index (χ1v) is 2.71. The third-order valence-corrected chi connectivity index (χ3v) is 0.505. The summed E-state index contributed by atoms with van der Waals surface area (Å²) in [5.74, 6) is 4.29. The van der Waals surface area contributed by atoms with Gasteiger partial charge in [0.25, 0.3) is 0 Å². The summed E-state index contributed by atoms with van der Waals surface area (Å²) < 4.78 is 9.46. The molecule has 0 unspecified atom stereocenters. The molecule has 7 heavy (non-hydrogen) atoms. The Morgan fingerprint density at radius 1 is 1.71 bits per heavy atom. The molecule has 0 saturated carbocycles. The summed E-state index contributed by atoms with van der Waals surface area (Å²) in [5.41, 5.74) is 0. The molecule has 0 atom stereocenters. The first-order valence-electron chi connectivity index (χ1n) is 1.09. The topological polar surface area (TPSA) is 95.6 Å². The Hall–Kier alpha value is 1.33. The minimum absolute atomic E-state index is 0. The van der Waals surface area contributed by atoms with E-state index in [-0.39, 0.29) is 40.6 Å². The number of rotatable bonds is 1. The summed E-state index contributed by atoms with van der Waals surface area (Å²) in [5, 5.41) is 1.27. The second kappa shape index (κ2) is 4.23. The molecule has 0 aliphatic rings. The molecule has 0 rings (SSSR count). The summed E-state index contributed by atoms with van der Waals surface area (Å²) in [6, 6.07) is 0. The molecule has 0 heterocycles. The average Bonchev–Trinajstić information content (AvgIpc) is 1.35. The molecule has 0 aliphatic heterocycles. The fourth-order valence-corrected chi connectivity index (χ4v) is 0. The van der Waals surface area contributed by atoms with Gasteiger partial charge in [0.15, 0.2) is 0 Å². The fourth-order valence-electron chi connectivity index (χ4n) is 0. The minimum atomic E-state index is -4.12. The van der Waals surface area contributed by atoms with Gasteiger partial charge in [0, 0.05) is 0 Å². The van der Waals surface area contributed by atoms with Gasteiger partial charge in [0.2, 0.25) is 0 Å². The zero-order valence-corrected chi connectivity index (χ0v) is 6.64. The zero-order valence-electron chi connectivity index (χ0n) is 5.53. The Labute approximate surface area is 73.4 Å². The van der Waals surface area contributed by atoms with Gasteiger partial charge >= 0.3 is 45.5 Å². The van der Waals surface area contributed by atoms with Crippen molar-refractivity contribution in [3.63, 3.8) is 0 Å². The molecular formula is H7CaN2O3P. The van der Waals surface area contributed by atoms with Gasteiger partial charge in [-0.05, 0) is 0 Å². The molecule has 0 radical (unpaired) electrons. The number of nitrogens with one attached hydrogen (secondary N) is 1. The van der Waals surface area contributed by atoms with Crippen molar-refractivity contribution in [2.45, 2.75) is 0 Å². The van der Waals surface area contributed by atoms with Gasteiger partial charge in [-0.3, -0.25) is 5.84 Å². The van der Waals surface area contributed by atoms with Crippen molar-refractivity contribution in [2.24, 2.45) is 5.84 Å². The van der Waals surface area contributed by atoms with Gasteiger partial charge in [0.05, 0.1) is 0 Å². The second-order valence-electron chi connectivity index (χ2n) is 0.673. The van der Waals surface area contributed by atoms with E-state index in [1.165, 1.54) is 5.20 Å². The fraction of sp³-hybridized carbons (Fsp3) is 0. The summed E-state index contributed by atoms with van der Waals surface area (Å²) >= 11 is 0. The van der Waals surface area contributed by atoms with E-state index in [1.54, 1.807) is 0 Å². The van der Waals surface area contributed by atoms with Gasteiger partial charge in [-0.2, -0.15) is 5.20 Å². The Balaban J connectivity index is -0.0000000417. The summed E-state index contributed by atoms with van der Waals surface area (Å²) in [7, 11) is -4.12. The van der Waals surface area contributed by atoms with Gasteiger partial charge in [0.1, 0.15) is 0 Å². The molecule has 0 saturated heterocycles. The molecule has 7 heteroatoms. The Morgan fingerprint density at radius 2 is 1.86 bits per heavy atom. The van der Waals surface area contributed by atoms with Crippen molar-refractivity contribution >= 4 is 45.5 Å². The van der Waals surface area contributed by atoms with Crippen LogP contribution >= 0.6 is 7.75 Å². The molecule has 0 bridgehead atoms. The van der Waals surface area contributed by atoms with E-state index in [9.17, 15) is 4.57 Å². The summed E-state index contributed by atoms with van der Waals surface area (Å²) in [6.45, 7) is 0. The molecule has 42 valence electrons. The number of hydrazine groups is 1. The molecule has 0 amide bonds. The molecular weight excluding hydrogens is 147 g/mol. The van der Waals surface area contributed by atoms with E-state index < -0.39 is 7.75 Å². The van der Waals surface area contributed by atoms with E-state index in [4.69, 9.17) is 9.79 Å². The van der Waals surface area contributed by atoms with Crippen LogP contribution in [0.4, 0.5) is 0 Å². The van der Waals surface area contributed by atoms with Gasteiger partial charge in [-0.1, -0.05) is 0 Å². The van der Waals surface area contributed by atoms with E-state index >= 15 is 0 Å². The third kappa shape index (κ3) is 11.1. The van der Waals surface area contributed by atoms with E-state index in [0.717, 1.165) is 0 Å². The van der Waals surface area contributed by atoms with Crippen LogP contribution in [0.15, 0.2) is 0 Å². The second-order valence-corrected chi connectivity index (χ2v) is 2.02. The van der Waals surface area contributed by atoms with Gasteiger partial charge < -0.3 is 12.6 Å². The zero-order chi connectivity index (χ0) is 5.21. The van der Waals surface area contributed by atoms with E-state index in [2.05, 4.69) is 5.84 Å². The van der Waals surface area contributed by atoms with E-state index in [1.807, 2.05) is 0 Å². The first kappa shape index (κ1) is 11.2. The number of nitrogens with two attached hydrogens (primary N) is 1. The van der Waals surface area contributed by atoms with E-state index in [0.29, 0.717) is 0 Å². The Kier molecular flexibility index (Phi) is 6.75. The normalized spacial score (nSPS) is 10.1. The Morgan fingerprint density at radius 3 is 1.86 bits per heavy atom. The molecule has 0 spiro atoms. The van der Waals surface area contributed by atoms with Crippen molar-refractivity contribution in [3.05, 3.63) is 0 Å². The van der Waals surface area contributed by atoms with Crippen LogP contribution in [0.25, 0.3) is 0 Å². The summed E-state index contributed by atoms with van der Waals surface area (Å²) in [6.07, 6.45) is 0. The molecule has 5 nitrogen and oxygen atoms in total. The van der Waals surface area contributed by atoms with Crippen LogP contribution in [0, 0.1) is 0 Å². The SMILES string of the molecule is NNP(=O)(O)O.[Ca+2].[H-].[H-]. The van der Waals surface area contributed by atoms with Crippen molar-refractivity contribution in [1.82, 2.24) is 5.20 Å². The van der Waals surface area contributed by atoms with Crippen LogP contribution in [0.1, 0.15) is 2.85 Å². The first-order chi connectivity index (χ1) is 2.56. The largest absolute Gasteiger partial charge is 2.00 e. The molecule has 5 N–H and O–H groups in total. The predicted molar refractivity (Wildman–Crippen MR) is 27.3 cm³/mol. The third-order valence-electron chi connectivity index (χ3n) is 0.168. The average molecular weight is 154 g/mol. The monoisotopic (exact) mass is 154 g/mol. The standard InChI is InChI=1S/Ca.H5N2O3P.2H/c;1-2-6(3,4)5;;/h;1H2,(H3,2,3,4,5);;/q+2;;2*-1. The maximum Gasteiger partial charge on any atom is 2.00 e. The van der Waals surface area contributed by atoms with Crippen LogP contribution in [0.2, 0.25) is 0 Å². The predicted octanol–water partition coefficient (Wildman–Crippen LogP) is -1.61. The van der Waals surface area contributed by atoms with Crippen molar-refractivity contribution < 1.29 is 17.2 Å². The van der Waals surface area contributed by atoms with Crippen molar-refractivity contribution in [3.8, 4) is 0 Å². The molecule has 0 aromatic carbocycles.